The summed E-state index contributed by atoms with van der Waals surface area (Å²) >= 11 is 0. The highest BCUT2D eigenvalue weighted by Gasteiger charge is 2.08. The van der Waals surface area contributed by atoms with Gasteiger partial charge in [0.25, 0.3) is 0 Å². The van der Waals surface area contributed by atoms with E-state index in [4.69, 9.17) is 9.84 Å². The van der Waals surface area contributed by atoms with Crippen LogP contribution in [0.5, 0.6) is 5.75 Å². The van der Waals surface area contributed by atoms with Gasteiger partial charge in [-0.2, -0.15) is 0 Å². The largest absolute Gasteiger partial charge is 0.494 e. The third-order valence-electron chi connectivity index (χ3n) is 2.47. The summed E-state index contributed by atoms with van der Waals surface area (Å²) in [7, 11) is 1.37. The number of benzene rings is 1. The quantitative estimate of drug-likeness (QED) is 0.905. The first-order valence-corrected chi connectivity index (χ1v) is 5.14. The van der Waals surface area contributed by atoms with Crippen LogP contribution in [-0.2, 0) is 0 Å². The lowest BCUT2D eigenvalue weighted by molar-refractivity contribution is 0.0696. The molecule has 0 radical (unpaired) electrons. The topological polar surface area (TPSA) is 59.4 Å². The minimum Gasteiger partial charge on any atom is -0.494 e. The van der Waals surface area contributed by atoms with Crippen LogP contribution in [0.3, 0.4) is 0 Å². The smallest absolute Gasteiger partial charge is 0.337 e. The lowest BCUT2D eigenvalue weighted by Gasteiger charge is -2.06. The molecular weight excluding hydrogens is 237 g/mol. The zero-order valence-corrected chi connectivity index (χ0v) is 9.55. The van der Waals surface area contributed by atoms with Gasteiger partial charge in [0.1, 0.15) is 0 Å². The average Bonchev–Trinajstić information content (AvgIpc) is 2.39. The minimum atomic E-state index is -1.06. The van der Waals surface area contributed by atoms with Gasteiger partial charge >= 0.3 is 5.97 Å². The zero-order valence-electron chi connectivity index (χ0n) is 9.55. The van der Waals surface area contributed by atoms with Crippen LogP contribution in [0.2, 0.25) is 0 Å². The van der Waals surface area contributed by atoms with E-state index in [1.165, 1.54) is 37.7 Å². The van der Waals surface area contributed by atoms with Gasteiger partial charge in [0.2, 0.25) is 0 Å². The number of hydrogen-bond acceptors (Lipinski definition) is 3. The van der Waals surface area contributed by atoms with Gasteiger partial charge in [-0.1, -0.05) is 6.07 Å². The summed E-state index contributed by atoms with van der Waals surface area (Å²) in [5.74, 6) is -1.42. The van der Waals surface area contributed by atoms with Crippen molar-refractivity contribution in [3.8, 4) is 16.9 Å². The minimum absolute atomic E-state index is 0.0794. The molecule has 0 aliphatic heterocycles. The SMILES string of the molecule is COc1cc(-c2cncc(C(=O)O)c2)ccc1F. The molecule has 1 aromatic carbocycles. The number of hydrogen-bond donors (Lipinski definition) is 1. The van der Waals surface area contributed by atoms with E-state index in [0.29, 0.717) is 11.1 Å². The summed E-state index contributed by atoms with van der Waals surface area (Å²) in [6, 6.07) is 5.78. The number of methoxy groups -OCH3 is 1. The lowest BCUT2D eigenvalue weighted by atomic mass is 10.1. The molecule has 0 saturated heterocycles. The molecular formula is C13H10FNO3. The van der Waals surface area contributed by atoms with E-state index in [-0.39, 0.29) is 11.3 Å². The van der Waals surface area contributed by atoms with Crippen molar-refractivity contribution in [1.29, 1.82) is 0 Å². The van der Waals surface area contributed by atoms with Crippen molar-refractivity contribution < 1.29 is 19.0 Å². The third-order valence-corrected chi connectivity index (χ3v) is 2.47. The molecule has 0 spiro atoms. The maximum atomic E-state index is 13.3. The molecule has 1 heterocycles. The van der Waals surface area contributed by atoms with Crippen molar-refractivity contribution in [3.63, 3.8) is 0 Å². The summed E-state index contributed by atoms with van der Waals surface area (Å²) in [6.45, 7) is 0. The van der Waals surface area contributed by atoms with Crippen LogP contribution in [0.1, 0.15) is 10.4 Å². The van der Waals surface area contributed by atoms with Gasteiger partial charge in [0.05, 0.1) is 12.7 Å². The van der Waals surface area contributed by atoms with Crippen LogP contribution in [0.15, 0.2) is 36.7 Å². The van der Waals surface area contributed by atoms with Crippen LogP contribution >= 0.6 is 0 Å². The van der Waals surface area contributed by atoms with E-state index in [9.17, 15) is 9.18 Å². The Kier molecular flexibility index (Phi) is 3.23. The van der Waals surface area contributed by atoms with Gasteiger partial charge in [0, 0.05) is 18.0 Å². The number of rotatable bonds is 3. The van der Waals surface area contributed by atoms with E-state index in [1.54, 1.807) is 6.07 Å². The first kappa shape index (κ1) is 12.0. The maximum absolute atomic E-state index is 13.3. The van der Waals surface area contributed by atoms with E-state index in [0.717, 1.165) is 0 Å². The van der Waals surface area contributed by atoms with Crippen molar-refractivity contribution in [3.05, 3.63) is 48.0 Å². The number of aromatic nitrogens is 1. The Morgan fingerprint density at radius 3 is 2.72 bits per heavy atom. The van der Waals surface area contributed by atoms with E-state index >= 15 is 0 Å². The Labute approximate surface area is 103 Å². The van der Waals surface area contributed by atoms with Gasteiger partial charge < -0.3 is 9.84 Å². The number of pyridine rings is 1. The average molecular weight is 247 g/mol. The molecule has 2 rings (SSSR count). The Morgan fingerprint density at radius 2 is 2.06 bits per heavy atom. The van der Waals surface area contributed by atoms with Crippen LogP contribution in [0.25, 0.3) is 11.1 Å². The summed E-state index contributed by atoms with van der Waals surface area (Å²) in [6.07, 6.45) is 2.77. The molecule has 0 atom stereocenters. The summed E-state index contributed by atoms with van der Waals surface area (Å²) in [4.78, 5) is 14.7. The van der Waals surface area contributed by atoms with Crippen LogP contribution in [0.4, 0.5) is 4.39 Å². The number of carbonyl (C=O) groups is 1. The van der Waals surface area contributed by atoms with Crippen LogP contribution in [-0.4, -0.2) is 23.2 Å². The molecule has 2 aromatic rings. The fourth-order valence-corrected chi connectivity index (χ4v) is 1.55. The van der Waals surface area contributed by atoms with Crippen molar-refractivity contribution >= 4 is 5.97 Å². The molecule has 0 bridgehead atoms. The fraction of sp³-hybridized carbons (Fsp3) is 0.0769. The molecule has 0 aliphatic rings. The Bertz CT molecular complexity index is 599. The standard InChI is InChI=1S/C13H10FNO3/c1-18-12-5-8(2-3-11(12)14)9-4-10(13(16)17)7-15-6-9/h2-7H,1H3,(H,16,17). The summed E-state index contributed by atoms with van der Waals surface area (Å²) in [5, 5.41) is 8.88. The molecule has 0 aliphatic carbocycles. The highest BCUT2D eigenvalue weighted by Crippen LogP contribution is 2.26. The predicted molar refractivity (Wildman–Crippen MR) is 63.1 cm³/mol. The van der Waals surface area contributed by atoms with Crippen molar-refractivity contribution in [1.82, 2.24) is 4.98 Å². The van der Waals surface area contributed by atoms with Gasteiger partial charge in [0.15, 0.2) is 11.6 Å². The van der Waals surface area contributed by atoms with Gasteiger partial charge in [-0.15, -0.1) is 0 Å². The Balaban J connectivity index is 2.48. The van der Waals surface area contributed by atoms with Gasteiger partial charge in [-0.3, -0.25) is 4.98 Å². The number of carboxylic acid groups (broad SMARTS) is 1. The zero-order chi connectivity index (χ0) is 13.1. The molecule has 0 unspecified atom stereocenters. The monoisotopic (exact) mass is 247 g/mol. The normalized spacial score (nSPS) is 10.1. The van der Waals surface area contributed by atoms with Crippen LogP contribution < -0.4 is 4.74 Å². The van der Waals surface area contributed by atoms with E-state index in [1.807, 2.05) is 0 Å². The second-order valence-corrected chi connectivity index (χ2v) is 3.62. The number of aromatic carboxylic acids is 1. The van der Waals surface area contributed by atoms with Crippen molar-refractivity contribution in [2.24, 2.45) is 0 Å². The number of halogens is 1. The molecule has 92 valence electrons. The van der Waals surface area contributed by atoms with Gasteiger partial charge in [-0.05, 0) is 23.8 Å². The number of carboxylic acids is 1. The van der Waals surface area contributed by atoms with Gasteiger partial charge in [-0.25, -0.2) is 9.18 Å². The molecule has 1 N–H and O–H groups in total. The second-order valence-electron chi connectivity index (χ2n) is 3.62. The molecule has 1 aromatic heterocycles. The number of ether oxygens (including phenoxy) is 1. The first-order valence-electron chi connectivity index (χ1n) is 5.14. The summed E-state index contributed by atoms with van der Waals surface area (Å²) in [5.41, 5.74) is 1.31. The molecule has 0 amide bonds. The molecule has 0 saturated carbocycles. The highest BCUT2D eigenvalue weighted by molar-refractivity contribution is 5.88. The molecule has 0 fully saturated rings. The highest BCUT2D eigenvalue weighted by atomic mass is 19.1. The fourth-order valence-electron chi connectivity index (χ4n) is 1.55. The maximum Gasteiger partial charge on any atom is 0.337 e. The molecule has 4 nitrogen and oxygen atoms in total. The summed E-state index contributed by atoms with van der Waals surface area (Å²) < 4.78 is 18.1. The van der Waals surface area contributed by atoms with Crippen LogP contribution in [0, 0.1) is 5.82 Å². The van der Waals surface area contributed by atoms with Crippen molar-refractivity contribution in [2.45, 2.75) is 0 Å². The first-order chi connectivity index (χ1) is 8.61. The van der Waals surface area contributed by atoms with Crippen molar-refractivity contribution in [2.75, 3.05) is 7.11 Å². The van der Waals surface area contributed by atoms with E-state index in [2.05, 4.69) is 4.98 Å². The lowest BCUT2D eigenvalue weighted by Crippen LogP contribution is -1.97. The second kappa shape index (κ2) is 4.83. The molecule has 5 heteroatoms. The van der Waals surface area contributed by atoms with E-state index < -0.39 is 11.8 Å². The number of nitrogens with zero attached hydrogens (tertiary/aromatic N) is 1. The third kappa shape index (κ3) is 2.29. The predicted octanol–water partition coefficient (Wildman–Crippen LogP) is 2.59. The Hall–Kier alpha value is -2.43. The molecule has 18 heavy (non-hydrogen) atoms. The Morgan fingerprint density at radius 1 is 1.28 bits per heavy atom.